The standard InChI is InChI=1S/C34H64NO8P/c1-6-8-10-12-14-16-17-19-20-22-24-26-33(36)40-30-32(31-42-44(38,39)41-29-28-35(3,4)5)43-34(37)27-25-23-21-18-15-13-11-9-7-2/h9,11-12,14,32H,6-8,10,13,15-31H2,1-5H3/p+1/b11-9+,14-12+/t32-/m1/s1. The lowest BCUT2D eigenvalue weighted by molar-refractivity contribution is -0.870. The Morgan fingerprint density at radius 3 is 1.80 bits per heavy atom. The topological polar surface area (TPSA) is 108 Å². The van der Waals surface area contributed by atoms with Gasteiger partial charge in [-0.3, -0.25) is 18.6 Å². The first kappa shape index (κ1) is 42.5. The highest BCUT2D eigenvalue weighted by atomic mass is 31.2. The second kappa shape index (κ2) is 27.8. The molecule has 0 aromatic carbocycles. The molecule has 2 atom stereocenters. The number of likely N-dealkylation sites (N-methyl/N-ethyl adjacent to an activating group) is 1. The molecule has 0 bridgehead atoms. The van der Waals surface area contributed by atoms with Gasteiger partial charge in [-0.05, 0) is 51.4 Å². The monoisotopic (exact) mass is 646 g/mol. The van der Waals surface area contributed by atoms with Crippen LogP contribution in [0.15, 0.2) is 24.3 Å². The van der Waals surface area contributed by atoms with Gasteiger partial charge in [-0.25, -0.2) is 4.57 Å². The predicted octanol–water partition coefficient (Wildman–Crippen LogP) is 8.46. The number of hydrogen-bond acceptors (Lipinski definition) is 7. The summed E-state index contributed by atoms with van der Waals surface area (Å²) < 4.78 is 33.9. The molecule has 0 rings (SSSR count). The van der Waals surface area contributed by atoms with Crippen molar-refractivity contribution in [2.45, 2.75) is 136 Å². The van der Waals surface area contributed by atoms with Gasteiger partial charge >= 0.3 is 19.8 Å². The molecule has 9 nitrogen and oxygen atoms in total. The Labute approximate surface area is 268 Å². The molecule has 0 saturated carbocycles. The van der Waals surface area contributed by atoms with Gasteiger partial charge in [0.15, 0.2) is 6.10 Å². The predicted molar refractivity (Wildman–Crippen MR) is 178 cm³/mol. The molecule has 44 heavy (non-hydrogen) atoms. The van der Waals surface area contributed by atoms with Gasteiger partial charge in [0.25, 0.3) is 0 Å². The summed E-state index contributed by atoms with van der Waals surface area (Å²) in [6, 6.07) is 0. The number of unbranched alkanes of at least 4 members (excludes halogenated alkanes) is 12. The molecule has 0 aliphatic rings. The minimum Gasteiger partial charge on any atom is -0.462 e. The number of carbonyl (C=O) groups excluding carboxylic acids is 2. The van der Waals surface area contributed by atoms with Crippen molar-refractivity contribution in [1.82, 2.24) is 0 Å². The summed E-state index contributed by atoms with van der Waals surface area (Å²) in [5, 5.41) is 0. The van der Waals surface area contributed by atoms with E-state index in [1.807, 2.05) is 21.1 Å². The second-order valence-corrected chi connectivity index (χ2v) is 14.0. The van der Waals surface area contributed by atoms with Crippen molar-refractivity contribution < 1.29 is 42.1 Å². The molecule has 1 unspecified atom stereocenters. The molecule has 0 amide bonds. The van der Waals surface area contributed by atoms with E-state index in [0.29, 0.717) is 17.4 Å². The normalized spacial score (nSPS) is 14.2. The van der Waals surface area contributed by atoms with E-state index in [1.165, 1.54) is 12.8 Å². The molecular formula is C34H65NO8P+. The zero-order chi connectivity index (χ0) is 32.9. The van der Waals surface area contributed by atoms with Crippen LogP contribution in [0.3, 0.4) is 0 Å². The maximum atomic E-state index is 12.5. The third kappa shape index (κ3) is 30.5. The molecule has 0 heterocycles. The lowest BCUT2D eigenvalue weighted by Crippen LogP contribution is -2.37. The Bertz CT molecular complexity index is 825. The van der Waals surface area contributed by atoms with Crippen LogP contribution in [0.4, 0.5) is 0 Å². The minimum atomic E-state index is -4.36. The summed E-state index contributed by atoms with van der Waals surface area (Å²) >= 11 is 0. The lowest BCUT2D eigenvalue weighted by Gasteiger charge is -2.24. The first-order valence-corrected chi connectivity index (χ1v) is 18.6. The highest BCUT2D eigenvalue weighted by Crippen LogP contribution is 2.43. The van der Waals surface area contributed by atoms with Crippen LogP contribution in [0.25, 0.3) is 0 Å². The molecule has 0 aliphatic carbocycles. The van der Waals surface area contributed by atoms with Crippen molar-refractivity contribution >= 4 is 19.8 Å². The van der Waals surface area contributed by atoms with E-state index in [0.717, 1.165) is 83.5 Å². The van der Waals surface area contributed by atoms with Crippen LogP contribution in [0.5, 0.6) is 0 Å². The Kier molecular flexibility index (Phi) is 26.8. The summed E-state index contributed by atoms with van der Waals surface area (Å²) in [7, 11) is 1.46. The number of hydrogen-bond donors (Lipinski definition) is 1. The van der Waals surface area contributed by atoms with Crippen LogP contribution in [-0.4, -0.2) is 74.9 Å². The number of rotatable bonds is 30. The van der Waals surface area contributed by atoms with E-state index in [1.54, 1.807) is 0 Å². The van der Waals surface area contributed by atoms with Gasteiger partial charge in [0.1, 0.15) is 19.8 Å². The molecule has 10 heteroatoms. The van der Waals surface area contributed by atoms with Crippen molar-refractivity contribution in [2.24, 2.45) is 0 Å². The second-order valence-electron chi connectivity index (χ2n) is 12.5. The summed E-state index contributed by atoms with van der Waals surface area (Å²) in [5.41, 5.74) is 0. The van der Waals surface area contributed by atoms with Gasteiger partial charge in [-0.1, -0.05) is 89.5 Å². The average molecular weight is 647 g/mol. The fourth-order valence-corrected chi connectivity index (χ4v) is 4.97. The first-order chi connectivity index (χ1) is 21.0. The van der Waals surface area contributed by atoms with E-state index in [-0.39, 0.29) is 32.0 Å². The van der Waals surface area contributed by atoms with Crippen LogP contribution < -0.4 is 0 Å². The fraction of sp³-hybridized carbons (Fsp3) is 0.824. The maximum Gasteiger partial charge on any atom is 0.472 e. The molecule has 0 radical (unpaired) electrons. The number of ether oxygens (including phenoxy) is 2. The average Bonchev–Trinajstić information content (AvgIpc) is 2.95. The molecule has 1 N–H and O–H groups in total. The number of carbonyl (C=O) groups is 2. The van der Waals surface area contributed by atoms with Gasteiger partial charge in [0, 0.05) is 12.8 Å². The lowest BCUT2D eigenvalue weighted by atomic mass is 10.1. The van der Waals surface area contributed by atoms with E-state index in [4.69, 9.17) is 18.5 Å². The highest BCUT2D eigenvalue weighted by molar-refractivity contribution is 7.47. The summed E-state index contributed by atoms with van der Waals surface area (Å²) in [6.07, 6.45) is 25.3. The Balaban J connectivity index is 4.52. The van der Waals surface area contributed by atoms with Crippen molar-refractivity contribution in [3.05, 3.63) is 24.3 Å². The zero-order valence-corrected chi connectivity index (χ0v) is 29.5. The molecule has 258 valence electrons. The van der Waals surface area contributed by atoms with Gasteiger partial charge in [0.2, 0.25) is 0 Å². The van der Waals surface area contributed by atoms with Crippen LogP contribution >= 0.6 is 7.82 Å². The number of esters is 2. The third-order valence-electron chi connectivity index (χ3n) is 6.97. The molecule has 0 fully saturated rings. The quantitative estimate of drug-likeness (QED) is 0.0272. The van der Waals surface area contributed by atoms with Crippen LogP contribution in [0.1, 0.15) is 129 Å². The van der Waals surface area contributed by atoms with E-state index >= 15 is 0 Å². The number of allylic oxidation sites excluding steroid dienone is 4. The summed E-state index contributed by atoms with van der Waals surface area (Å²) in [6.45, 7) is 4.22. The molecule has 0 spiro atoms. The highest BCUT2D eigenvalue weighted by Gasteiger charge is 2.27. The van der Waals surface area contributed by atoms with Gasteiger partial charge in [-0.15, -0.1) is 0 Å². The summed E-state index contributed by atoms with van der Waals surface area (Å²) in [4.78, 5) is 34.9. The fourth-order valence-electron chi connectivity index (χ4n) is 4.23. The maximum absolute atomic E-state index is 12.5. The number of phosphoric ester groups is 1. The smallest absolute Gasteiger partial charge is 0.462 e. The first-order valence-electron chi connectivity index (χ1n) is 17.1. The van der Waals surface area contributed by atoms with Crippen LogP contribution in [0, 0.1) is 0 Å². The summed E-state index contributed by atoms with van der Waals surface area (Å²) in [5.74, 6) is -0.829. The molecular weight excluding hydrogens is 581 g/mol. The Hall–Kier alpha value is -1.51. The minimum absolute atomic E-state index is 0.0290. The van der Waals surface area contributed by atoms with Crippen molar-refractivity contribution in [1.29, 1.82) is 0 Å². The Morgan fingerprint density at radius 1 is 0.705 bits per heavy atom. The van der Waals surface area contributed by atoms with E-state index in [2.05, 4.69) is 38.2 Å². The van der Waals surface area contributed by atoms with Crippen molar-refractivity contribution in [3.63, 3.8) is 0 Å². The van der Waals surface area contributed by atoms with Crippen LogP contribution in [-0.2, 0) is 32.7 Å². The SMILES string of the molecule is CC/C=C/CCCCCCCC(=O)O[C@H](COC(=O)CCCCCCC/C=C/CCCC)COP(=O)(O)OCC[N+](C)(C)C. The van der Waals surface area contributed by atoms with E-state index < -0.39 is 26.5 Å². The zero-order valence-electron chi connectivity index (χ0n) is 28.6. The molecule has 0 aliphatic heterocycles. The van der Waals surface area contributed by atoms with E-state index in [9.17, 15) is 19.0 Å². The van der Waals surface area contributed by atoms with Gasteiger partial charge < -0.3 is 18.9 Å². The molecule has 0 aromatic rings. The Morgan fingerprint density at radius 2 is 1.23 bits per heavy atom. The number of phosphoric acid groups is 1. The van der Waals surface area contributed by atoms with Crippen LogP contribution in [0.2, 0.25) is 0 Å². The largest absolute Gasteiger partial charge is 0.472 e. The van der Waals surface area contributed by atoms with Crippen molar-refractivity contribution in [2.75, 3.05) is 47.5 Å². The van der Waals surface area contributed by atoms with Crippen molar-refractivity contribution in [3.8, 4) is 0 Å². The number of quaternary nitrogens is 1. The van der Waals surface area contributed by atoms with Gasteiger partial charge in [0.05, 0.1) is 27.7 Å². The number of nitrogens with zero attached hydrogens (tertiary/aromatic N) is 1. The molecule has 0 aromatic heterocycles. The molecule has 0 saturated heterocycles. The van der Waals surface area contributed by atoms with Gasteiger partial charge in [-0.2, -0.15) is 0 Å². The third-order valence-corrected chi connectivity index (χ3v) is 7.95.